The van der Waals surface area contributed by atoms with Crippen molar-refractivity contribution in [2.24, 2.45) is 0 Å². The second-order valence-corrected chi connectivity index (χ2v) is 5.81. The maximum absolute atomic E-state index is 12.5. The van der Waals surface area contributed by atoms with Crippen molar-refractivity contribution in [3.8, 4) is 11.5 Å². The number of ether oxygens (including phenoxy) is 2. The molecule has 1 aromatic heterocycles. The number of carbonyl (C=O) groups is 1. The average molecular weight is 346 g/mol. The molecular weight excluding hydrogens is 324 g/mol. The van der Waals surface area contributed by atoms with Crippen molar-refractivity contribution in [2.45, 2.75) is 11.9 Å². The van der Waals surface area contributed by atoms with E-state index in [-0.39, 0.29) is 5.91 Å². The Morgan fingerprint density at radius 3 is 2.54 bits per heavy atom. The van der Waals surface area contributed by atoms with Crippen molar-refractivity contribution in [1.29, 1.82) is 0 Å². The van der Waals surface area contributed by atoms with E-state index in [0.717, 1.165) is 5.03 Å². The Morgan fingerprint density at radius 2 is 1.88 bits per heavy atom. The average Bonchev–Trinajstić information content (AvgIpc) is 2.62. The van der Waals surface area contributed by atoms with Crippen LogP contribution in [0.4, 0.5) is 0 Å². The van der Waals surface area contributed by atoms with E-state index in [2.05, 4.69) is 4.98 Å². The van der Waals surface area contributed by atoms with Gasteiger partial charge in [-0.2, -0.15) is 0 Å². The molecule has 0 spiro atoms. The fourth-order valence-electron chi connectivity index (χ4n) is 2.16. The van der Waals surface area contributed by atoms with Gasteiger partial charge in [-0.25, -0.2) is 4.98 Å². The van der Waals surface area contributed by atoms with Gasteiger partial charge in [0, 0.05) is 13.2 Å². The zero-order valence-electron chi connectivity index (χ0n) is 14.2. The molecule has 128 valence electrons. The minimum absolute atomic E-state index is 0.0610. The number of rotatable bonds is 8. The topological polar surface area (TPSA) is 51.7 Å². The normalized spacial score (nSPS) is 10.3. The lowest BCUT2D eigenvalue weighted by molar-refractivity contribution is 0.0769. The summed E-state index contributed by atoms with van der Waals surface area (Å²) in [6.45, 7) is 3.38. The van der Waals surface area contributed by atoms with Crippen LogP contribution in [0.1, 0.15) is 17.3 Å². The van der Waals surface area contributed by atoms with Crippen LogP contribution in [0.2, 0.25) is 0 Å². The summed E-state index contributed by atoms with van der Waals surface area (Å²) in [6.07, 6.45) is 3.60. The van der Waals surface area contributed by atoms with Crippen molar-refractivity contribution >= 4 is 17.7 Å². The molecule has 0 saturated carbocycles. The molecule has 0 N–H and O–H groups in total. The molecule has 1 aromatic carbocycles. The van der Waals surface area contributed by atoms with Gasteiger partial charge in [0.1, 0.15) is 11.6 Å². The lowest BCUT2D eigenvalue weighted by Crippen LogP contribution is -2.31. The first-order chi connectivity index (χ1) is 11.7. The number of nitrogens with zero attached hydrogens (tertiary/aromatic N) is 2. The number of benzene rings is 1. The van der Waals surface area contributed by atoms with E-state index in [1.54, 1.807) is 30.3 Å². The molecule has 0 aliphatic carbocycles. The van der Waals surface area contributed by atoms with Crippen molar-refractivity contribution < 1.29 is 14.3 Å². The molecule has 0 aliphatic heterocycles. The Morgan fingerprint density at radius 1 is 1.17 bits per heavy atom. The van der Waals surface area contributed by atoms with Gasteiger partial charge in [0.05, 0.1) is 18.7 Å². The molecule has 0 radical (unpaired) electrons. The Labute approximate surface area is 147 Å². The van der Waals surface area contributed by atoms with Crippen LogP contribution in [0.15, 0.2) is 47.6 Å². The minimum Gasteiger partial charge on any atom is -0.490 e. The van der Waals surface area contributed by atoms with Crippen molar-refractivity contribution in [3.05, 3.63) is 48.2 Å². The lowest BCUT2D eigenvalue weighted by Gasteiger charge is -2.19. The first kappa shape index (κ1) is 18.1. The van der Waals surface area contributed by atoms with Gasteiger partial charge in [0.15, 0.2) is 11.5 Å². The summed E-state index contributed by atoms with van der Waals surface area (Å²) in [5.41, 5.74) is 0.613. The van der Waals surface area contributed by atoms with Crippen LogP contribution in [-0.4, -0.2) is 48.9 Å². The summed E-state index contributed by atoms with van der Waals surface area (Å²) in [5, 5.41) is 0.733. The summed E-state index contributed by atoms with van der Waals surface area (Å²) in [5.74, 6) is 1.34. The van der Waals surface area contributed by atoms with Gasteiger partial charge in [-0.1, -0.05) is 12.1 Å². The second kappa shape index (κ2) is 9.17. The van der Waals surface area contributed by atoms with Crippen LogP contribution in [0.5, 0.6) is 11.5 Å². The molecular formula is C18H22N2O3S. The first-order valence-corrected chi connectivity index (χ1v) is 8.99. The summed E-state index contributed by atoms with van der Waals surface area (Å²) >= 11 is 1.46. The quantitative estimate of drug-likeness (QED) is 0.686. The molecule has 0 atom stereocenters. The highest BCUT2D eigenvalue weighted by molar-refractivity contribution is 7.98. The highest BCUT2D eigenvalue weighted by atomic mass is 32.2. The first-order valence-electron chi connectivity index (χ1n) is 7.76. The van der Waals surface area contributed by atoms with Crippen LogP contribution >= 0.6 is 11.8 Å². The van der Waals surface area contributed by atoms with Crippen molar-refractivity contribution in [2.75, 3.05) is 33.1 Å². The fourth-order valence-corrected chi connectivity index (χ4v) is 2.70. The zero-order chi connectivity index (χ0) is 17.4. The molecule has 0 fully saturated rings. The number of pyridine rings is 1. The standard InChI is InChI=1S/C18H22N2O3S/c1-4-22-15-9-5-6-10-16(15)23-13-12-20(2)18(21)14-8-7-11-19-17(14)24-3/h5-11H,4,12-13H2,1-3H3. The Bertz CT molecular complexity index is 679. The molecule has 0 bridgehead atoms. The van der Waals surface area contributed by atoms with Gasteiger partial charge in [0.25, 0.3) is 5.91 Å². The number of thioether (sulfide) groups is 1. The van der Waals surface area contributed by atoms with E-state index in [1.165, 1.54) is 11.8 Å². The summed E-state index contributed by atoms with van der Waals surface area (Å²) < 4.78 is 11.3. The summed E-state index contributed by atoms with van der Waals surface area (Å²) in [4.78, 5) is 18.4. The molecule has 24 heavy (non-hydrogen) atoms. The molecule has 5 nitrogen and oxygen atoms in total. The molecule has 0 aliphatic rings. The summed E-state index contributed by atoms with van der Waals surface area (Å²) in [6, 6.07) is 11.1. The van der Waals surface area contributed by atoms with Gasteiger partial charge in [-0.15, -0.1) is 11.8 Å². The number of para-hydroxylation sites is 2. The van der Waals surface area contributed by atoms with Crippen LogP contribution < -0.4 is 9.47 Å². The van der Waals surface area contributed by atoms with Gasteiger partial charge in [-0.3, -0.25) is 4.79 Å². The van der Waals surface area contributed by atoms with Gasteiger partial charge in [0.2, 0.25) is 0 Å². The monoisotopic (exact) mass is 346 g/mol. The van der Waals surface area contributed by atoms with E-state index in [9.17, 15) is 4.79 Å². The molecule has 0 unspecified atom stereocenters. The molecule has 0 saturated heterocycles. The van der Waals surface area contributed by atoms with Gasteiger partial charge in [-0.05, 0) is 37.4 Å². The van der Waals surface area contributed by atoms with E-state index >= 15 is 0 Å². The van der Waals surface area contributed by atoms with Gasteiger partial charge >= 0.3 is 0 Å². The lowest BCUT2D eigenvalue weighted by atomic mass is 10.2. The van der Waals surface area contributed by atoms with E-state index in [0.29, 0.717) is 36.8 Å². The maximum atomic E-state index is 12.5. The minimum atomic E-state index is -0.0610. The molecule has 2 rings (SSSR count). The number of aromatic nitrogens is 1. The zero-order valence-corrected chi connectivity index (χ0v) is 15.0. The SMILES string of the molecule is CCOc1ccccc1OCCN(C)C(=O)c1cccnc1SC. The number of carbonyl (C=O) groups excluding carboxylic acids is 1. The molecule has 2 aromatic rings. The predicted molar refractivity (Wildman–Crippen MR) is 96.1 cm³/mol. The number of hydrogen-bond acceptors (Lipinski definition) is 5. The third-order valence-corrected chi connectivity index (χ3v) is 4.09. The Balaban J connectivity index is 1.94. The maximum Gasteiger partial charge on any atom is 0.256 e. The van der Waals surface area contributed by atoms with Crippen LogP contribution in [0, 0.1) is 0 Å². The third-order valence-electron chi connectivity index (χ3n) is 3.37. The molecule has 1 amide bonds. The molecule has 1 heterocycles. The van der Waals surface area contributed by atoms with Crippen LogP contribution in [0.3, 0.4) is 0 Å². The second-order valence-electron chi connectivity index (χ2n) is 5.02. The smallest absolute Gasteiger partial charge is 0.256 e. The Hall–Kier alpha value is -2.21. The number of amides is 1. The van der Waals surface area contributed by atoms with E-state index in [1.807, 2.05) is 37.4 Å². The highest BCUT2D eigenvalue weighted by Crippen LogP contribution is 2.26. The van der Waals surface area contributed by atoms with E-state index < -0.39 is 0 Å². The van der Waals surface area contributed by atoms with Crippen LogP contribution in [-0.2, 0) is 0 Å². The van der Waals surface area contributed by atoms with Gasteiger partial charge < -0.3 is 14.4 Å². The number of hydrogen-bond donors (Lipinski definition) is 0. The van der Waals surface area contributed by atoms with Crippen molar-refractivity contribution in [3.63, 3.8) is 0 Å². The summed E-state index contributed by atoms with van der Waals surface area (Å²) in [7, 11) is 1.76. The van der Waals surface area contributed by atoms with Crippen molar-refractivity contribution in [1.82, 2.24) is 9.88 Å². The Kier molecular flexibility index (Phi) is 6.93. The third kappa shape index (κ3) is 4.64. The van der Waals surface area contributed by atoms with E-state index in [4.69, 9.17) is 9.47 Å². The largest absolute Gasteiger partial charge is 0.490 e. The fraction of sp³-hybridized carbons (Fsp3) is 0.333. The highest BCUT2D eigenvalue weighted by Gasteiger charge is 2.16. The molecule has 6 heteroatoms. The number of likely N-dealkylation sites (N-methyl/N-ethyl adjacent to an activating group) is 1. The predicted octanol–water partition coefficient (Wildman–Crippen LogP) is 3.35. The van der Waals surface area contributed by atoms with Crippen LogP contribution in [0.25, 0.3) is 0 Å².